The Bertz CT molecular complexity index is 1360. The number of carbonyl (C=O) groups excluding carboxylic acids is 3. The minimum atomic E-state index is -0.606. The van der Waals surface area contributed by atoms with Crippen LogP contribution in [0.2, 0.25) is 0 Å². The molecule has 12 heteroatoms. The van der Waals surface area contributed by atoms with Gasteiger partial charge < -0.3 is 30.3 Å². The summed E-state index contributed by atoms with van der Waals surface area (Å²) < 4.78 is 10.6. The van der Waals surface area contributed by atoms with Gasteiger partial charge in [0.2, 0.25) is 0 Å². The molecule has 2 aromatic carbocycles. The van der Waals surface area contributed by atoms with Crippen LogP contribution in [0.3, 0.4) is 0 Å². The number of ether oxygens (including phenoxy) is 2. The molecule has 0 aliphatic carbocycles. The predicted octanol–water partition coefficient (Wildman–Crippen LogP) is 2.66. The van der Waals surface area contributed by atoms with Crippen LogP contribution in [0.5, 0.6) is 5.75 Å². The summed E-state index contributed by atoms with van der Waals surface area (Å²) in [7, 11) is 0. The van der Waals surface area contributed by atoms with Crippen molar-refractivity contribution in [3.63, 3.8) is 0 Å². The molecule has 2 fully saturated rings. The highest BCUT2D eigenvalue weighted by atomic mass is 16.6. The maximum Gasteiger partial charge on any atom is 0.427 e. The van der Waals surface area contributed by atoms with E-state index in [1.165, 1.54) is 0 Å². The van der Waals surface area contributed by atoms with Crippen molar-refractivity contribution in [3.05, 3.63) is 77.9 Å². The maximum absolute atomic E-state index is 12.8. The molecule has 12 nitrogen and oxygen atoms in total. The van der Waals surface area contributed by atoms with E-state index in [0.29, 0.717) is 61.5 Å². The highest BCUT2D eigenvalue weighted by molar-refractivity contribution is 5.99. The molecule has 5 N–H and O–H groups in total. The number of pyridine rings is 1. The number of primary amides is 1. The third-order valence-electron chi connectivity index (χ3n) is 6.92. The van der Waals surface area contributed by atoms with Crippen molar-refractivity contribution in [3.8, 4) is 5.75 Å². The van der Waals surface area contributed by atoms with Crippen LogP contribution < -0.4 is 31.5 Å². The number of nitrogens with two attached hydrogens (primary N) is 1. The molecule has 0 spiro atoms. The number of amides is 3. The molecule has 2 aliphatic heterocycles. The van der Waals surface area contributed by atoms with Crippen LogP contribution in [0.4, 0.5) is 22.1 Å². The van der Waals surface area contributed by atoms with Crippen molar-refractivity contribution in [2.75, 3.05) is 49.6 Å². The number of hydrogen-bond donors (Lipinski definition) is 4. The quantitative estimate of drug-likeness (QED) is 0.305. The summed E-state index contributed by atoms with van der Waals surface area (Å²) >= 11 is 0. The van der Waals surface area contributed by atoms with Gasteiger partial charge in [0.05, 0.1) is 18.8 Å². The number of hydrogen-bond acceptors (Lipinski definition) is 9. The molecule has 2 saturated heterocycles. The zero-order valence-electron chi connectivity index (χ0n) is 22.5. The number of benzene rings is 2. The van der Waals surface area contributed by atoms with Crippen molar-refractivity contribution < 1.29 is 23.9 Å². The smallest absolute Gasteiger partial charge is 0.409 e. The Labute approximate surface area is 237 Å². The highest BCUT2D eigenvalue weighted by Crippen LogP contribution is 2.25. The van der Waals surface area contributed by atoms with Crippen molar-refractivity contribution in [2.45, 2.75) is 18.9 Å². The average molecular weight is 560 g/mol. The number of piperidine rings is 1. The van der Waals surface area contributed by atoms with Crippen molar-refractivity contribution >= 4 is 35.2 Å². The van der Waals surface area contributed by atoms with Crippen molar-refractivity contribution in [1.29, 1.82) is 0 Å². The molecule has 3 amide bonds. The SMILES string of the molecule is NC(=O)c1ccc(N2CCCC(NNC(=O)Oc3ccccc3)C2)nc1Nc1ccc(C(=O)N2CCOCC2)cc1. The van der Waals surface area contributed by atoms with Crippen molar-refractivity contribution in [2.24, 2.45) is 5.73 Å². The standard InChI is InChI=1S/C29H33N7O5/c30-26(37)24-12-13-25(36-14-4-5-22(19-36)33-34-29(39)41-23-6-2-1-3-7-23)32-27(24)31-21-10-8-20(9-11-21)28(38)35-15-17-40-18-16-35/h1-3,6-13,22,33H,4-5,14-19H2,(H2,30,37)(H,31,32)(H,34,39). The van der Waals surface area contributed by atoms with E-state index >= 15 is 0 Å². The lowest BCUT2D eigenvalue weighted by Gasteiger charge is -2.34. The van der Waals surface area contributed by atoms with Gasteiger partial charge in [-0.25, -0.2) is 15.2 Å². The molecular weight excluding hydrogens is 526 g/mol. The first-order chi connectivity index (χ1) is 20.0. The summed E-state index contributed by atoms with van der Waals surface area (Å²) in [6, 6.07) is 19.2. The Balaban J connectivity index is 1.22. The van der Waals surface area contributed by atoms with Gasteiger partial charge in [0.25, 0.3) is 11.8 Å². The molecular formula is C29H33N7O5. The first-order valence-corrected chi connectivity index (χ1v) is 13.5. The van der Waals surface area contributed by atoms with Crippen LogP contribution in [0, 0.1) is 0 Å². The monoisotopic (exact) mass is 559 g/mol. The van der Waals surface area contributed by atoms with Gasteiger partial charge in [-0.2, -0.15) is 0 Å². The van der Waals surface area contributed by atoms with Gasteiger partial charge >= 0.3 is 6.09 Å². The minimum absolute atomic E-state index is 0.0438. The topological polar surface area (TPSA) is 151 Å². The second kappa shape index (κ2) is 13.1. The molecule has 1 unspecified atom stereocenters. The molecule has 3 aromatic rings. The van der Waals surface area contributed by atoms with Gasteiger partial charge in [0, 0.05) is 43.5 Å². The number of para-hydroxylation sites is 1. The number of nitrogens with zero attached hydrogens (tertiary/aromatic N) is 3. The number of carbonyl (C=O) groups is 3. The fourth-order valence-electron chi connectivity index (χ4n) is 4.79. The number of hydrazine groups is 1. The molecule has 0 saturated carbocycles. The molecule has 0 radical (unpaired) electrons. The van der Waals surface area contributed by atoms with Crippen LogP contribution in [-0.4, -0.2) is 73.2 Å². The molecule has 0 bridgehead atoms. The first-order valence-electron chi connectivity index (χ1n) is 13.5. The fraction of sp³-hybridized carbons (Fsp3) is 0.310. The summed E-state index contributed by atoms with van der Waals surface area (Å²) in [5.41, 5.74) is 12.8. The lowest BCUT2D eigenvalue weighted by Crippen LogP contribution is -2.53. The molecule has 1 aromatic heterocycles. The second-order valence-corrected chi connectivity index (χ2v) is 9.79. The first kappa shape index (κ1) is 27.9. The summed E-state index contributed by atoms with van der Waals surface area (Å²) in [4.78, 5) is 45.6. The molecule has 5 rings (SSSR count). The summed E-state index contributed by atoms with van der Waals surface area (Å²) in [6.45, 7) is 3.54. The van der Waals surface area contributed by atoms with Crippen LogP contribution in [0.25, 0.3) is 0 Å². The molecule has 41 heavy (non-hydrogen) atoms. The Hall–Kier alpha value is -4.68. The van der Waals surface area contributed by atoms with E-state index in [0.717, 1.165) is 19.4 Å². The Morgan fingerprint density at radius 3 is 2.44 bits per heavy atom. The van der Waals surface area contributed by atoms with Gasteiger partial charge in [-0.1, -0.05) is 18.2 Å². The Kier molecular flexibility index (Phi) is 8.92. The van der Waals surface area contributed by atoms with E-state index in [4.69, 9.17) is 20.2 Å². The fourth-order valence-corrected chi connectivity index (χ4v) is 4.79. The normalized spacial score (nSPS) is 17.0. The summed E-state index contributed by atoms with van der Waals surface area (Å²) in [6.07, 6.45) is 1.12. The van der Waals surface area contributed by atoms with E-state index < -0.39 is 12.0 Å². The van der Waals surface area contributed by atoms with Crippen molar-refractivity contribution in [1.82, 2.24) is 20.7 Å². The number of morpholine rings is 1. The van der Waals surface area contributed by atoms with E-state index in [9.17, 15) is 14.4 Å². The van der Waals surface area contributed by atoms with E-state index in [1.807, 2.05) is 6.07 Å². The molecule has 214 valence electrons. The van der Waals surface area contributed by atoms with E-state index in [2.05, 4.69) is 21.1 Å². The second-order valence-electron chi connectivity index (χ2n) is 9.79. The van der Waals surface area contributed by atoms with E-state index in [-0.39, 0.29) is 17.5 Å². The number of anilines is 3. The summed E-state index contributed by atoms with van der Waals surface area (Å²) in [5, 5.41) is 3.18. The van der Waals surface area contributed by atoms with Crippen LogP contribution in [0.15, 0.2) is 66.7 Å². The number of nitrogens with one attached hydrogen (secondary N) is 3. The van der Waals surface area contributed by atoms with Gasteiger partial charge in [-0.15, -0.1) is 0 Å². The molecule has 1 atom stereocenters. The largest absolute Gasteiger partial charge is 0.427 e. The Morgan fingerprint density at radius 2 is 1.71 bits per heavy atom. The lowest BCUT2D eigenvalue weighted by molar-refractivity contribution is 0.0303. The van der Waals surface area contributed by atoms with Gasteiger partial charge in [0.15, 0.2) is 0 Å². The van der Waals surface area contributed by atoms with Crippen LogP contribution in [-0.2, 0) is 4.74 Å². The number of aromatic nitrogens is 1. The average Bonchev–Trinajstić information content (AvgIpc) is 3.01. The van der Waals surface area contributed by atoms with Gasteiger partial charge in [0.1, 0.15) is 17.4 Å². The number of rotatable bonds is 8. The summed E-state index contributed by atoms with van der Waals surface area (Å²) in [5.74, 6) is 0.782. The minimum Gasteiger partial charge on any atom is -0.409 e. The maximum atomic E-state index is 12.8. The zero-order chi connectivity index (χ0) is 28.6. The third kappa shape index (κ3) is 7.29. The highest BCUT2D eigenvalue weighted by Gasteiger charge is 2.23. The predicted molar refractivity (Wildman–Crippen MR) is 153 cm³/mol. The van der Waals surface area contributed by atoms with Gasteiger partial charge in [-0.3, -0.25) is 15.0 Å². The zero-order valence-corrected chi connectivity index (χ0v) is 22.5. The molecule has 2 aliphatic rings. The molecule has 3 heterocycles. The van der Waals surface area contributed by atoms with Gasteiger partial charge in [-0.05, 0) is 61.4 Å². The van der Waals surface area contributed by atoms with E-state index in [1.54, 1.807) is 65.6 Å². The van der Waals surface area contributed by atoms with Crippen LogP contribution in [0.1, 0.15) is 33.6 Å². The lowest BCUT2D eigenvalue weighted by atomic mass is 10.1. The third-order valence-corrected chi connectivity index (χ3v) is 6.92. The van der Waals surface area contributed by atoms with Crippen LogP contribution >= 0.6 is 0 Å². The Morgan fingerprint density at radius 1 is 0.951 bits per heavy atom.